The van der Waals surface area contributed by atoms with Gasteiger partial charge in [-0.3, -0.25) is 19.2 Å². The molecule has 3 aliphatic carbocycles. The maximum absolute atomic E-state index is 14.5. The lowest BCUT2D eigenvalue weighted by Gasteiger charge is -2.45. The monoisotopic (exact) mass is 649 g/mol. The molecule has 4 amide bonds. The van der Waals surface area contributed by atoms with Crippen LogP contribution in [0.1, 0.15) is 54.8 Å². The summed E-state index contributed by atoms with van der Waals surface area (Å²) in [6.07, 6.45) is 0. The Morgan fingerprint density at radius 2 is 0.918 bits per heavy atom. The third kappa shape index (κ3) is 4.77. The fraction of sp³-hybridized carbons (Fsp3) is 0.150. The van der Waals surface area contributed by atoms with E-state index >= 15 is 0 Å². The van der Waals surface area contributed by atoms with Gasteiger partial charge in [-0.25, -0.2) is 4.90 Å². The number of nitrogens with one attached hydrogen (secondary N) is 2. The number of hydrogen-bond donors (Lipinski definition) is 2. The van der Waals surface area contributed by atoms with Crippen molar-refractivity contribution in [1.29, 1.82) is 0 Å². The summed E-state index contributed by atoms with van der Waals surface area (Å²) < 4.78 is 10.8. The van der Waals surface area contributed by atoms with Gasteiger partial charge in [0, 0.05) is 23.0 Å². The summed E-state index contributed by atoms with van der Waals surface area (Å²) in [5.41, 5.74) is 5.37. The van der Waals surface area contributed by atoms with E-state index in [1.54, 1.807) is 48.5 Å². The maximum Gasteiger partial charge on any atom is 0.255 e. The first-order chi connectivity index (χ1) is 23.9. The lowest BCUT2D eigenvalue weighted by molar-refractivity contribution is -0.122. The zero-order chi connectivity index (χ0) is 33.8. The van der Waals surface area contributed by atoms with Crippen LogP contribution in [0.5, 0.6) is 11.5 Å². The normalized spacial score (nSPS) is 19.8. The second-order valence-electron chi connectivity index (χ2n) is 12.4. The molecule has 5 aromatic carbocycles. The number of hydrogen-bond acceptors (Lipinski definition) is 6. The van der Waals surface area contributed by atoms with Crippen LogP contribution in [0.25, 0.3) is 0 Å². The standard InChI is InChI=1S/C40H31N3O6/c1-48-31-17-9-7-15-29(31)41-37(44)22-19-23(38(45)42-30-16-8-10-18-32(30)49-2)21-24(20-22)43-39(46)35-33-25-11-3-4-12-26(25)34(36(35)40(43)47)28-14-6-5-13-27(28)33/h3-21,33-36H,1-2H3,(H,41,44)(H,42,45)/t33?,34?,35-,36-/m1/s1. The summed E-state index contributed by atoms with van der Waals surface area (Å²) in [5.74, 6) is -2.75. The van der Waals surface area contributed by atoms with Gasteiger partial charge in [-0.2, -0.15) is 0 Å². The number of carbonyl (C=O) groups excluding carboxylic acids is 4. The van der Waals surface area contributed by atoms with E-state index in [0.29, 0.717) is 22.9 Å². The number of imide groups is 1. The Balaban J connectivity index is 1.22. The first kappa shape index (κ1) is 30.1. The van der Waals surface area contributed by atoms with Crippen LogP contribution in [0.3, 0.4) is 0 Å². The Labute approximate surface area is 282 Å². The molecule has 2 bridgehead atoms. The highest BCUT2D eigenvalue weighted by Gasteiger charge is 2.61. The molecule has 0 aromatic heterocycles. The van der Waals surface area contributed by atoms with Gasteiger partial charge in [0.25, 0.3) is 11.8 Å². The fourth-order valence-corrected chi connectivity index (χ4v) is 7.82. The predicted molar refractivity (Wildman–Crippen MR) is 184 cm³/mol. The molecule has 2 atom stereocenters. The van der Waals surface area contributed by atoms with Gasteiger partial charge < -0.3 is 20.1 Å². The van der Waals surface area contributed by atoms with E-state index in [-0.39, 0.29) is 40.5 Å². The molecule has 5 aromatic rings. The average molecular weight is 650 g/mol. The minimum Gasteiger partial charge on any atom is -0.495 e. The third-order valence-corrected chi connectivity index (χ3v) is 9.86. The van der Waals surface area contributed by atoms with Crippen LogP contribution in [0.2, 0.25) is 0 Å². The predicted octanol–water partition coefficient (Wildman–Crippen LogP) is 6.61. The zero-order valence-corrected chi connectivity index (χ0v) is 26.7. The molecule has 0 saturated carbocycles. The second-order valence-corrected chi connectivity index (χ2v) is 12.4. The Morgan fingerprint density at radius 1 is 0.551 bits per heavy atom. The molecule has 1 fully saturated rings. The van der Waals surface area contributed by atoms with Crippen molar-refractivity contribution >= 4 is 40.7 Å². The molecule has 4 aliphatic rings. The van der Waals surface area contributed by atoms with E-state index in [2.05, 4.69) is 10.6 Å². The lowest BCUT2D eigenvalue weighted by Crippen LogP contribution is -2.41. The molecule has 0 unspecified atom stereocenters. The van der Waals surface area contributed by atoms with Crippen molar-refractivity contribution in [3.05, 3.63) is 149 Å². The van der Waals surface area contributed by atoms with Crippen LogP contribution in [-0.2, 0) is 9.59 Å². The van der Waals surface area contributed by atoms with Crippen LogP contribution >= 0.6 is 0 Å². The largest absolute Gasteiger partial charge is 0.495 e. The number of benzene rings is 5. The van der Waals surface area contributed by atoms with Crippen LogP contribution in [0.15, 0.2) is 115 Å². The molecule has 1 aliphatic heterocycles. The van der Waals surface area contributed by atoms with E-state index < -0.39 is 23.7 Å². The molecule has 2 N–H and O–H groups in total. The molecule has 1 saturated heterocycles. The average Bonchev–Trinajstić information content (AvgIpc) is 3.41. The first-order valence-corrected chi connectivity index (χ1v) is 16.0. The van der Waals surface area contributed by atoms with Gasteiger partial charge in [0.15, 0.2) is 0 Å². The van der Waals surface area contributed by atoms with Crippen LogP contribution in [0, 0.1) is 11.8 Å². The van der Waals surface area contributed by atoms with Crippen molar-refractivity contribution in [2.75, 3.05) is 29.8 Å². The van der Waals surface area contributed by atoms with Crippen molar-refractivity contribution in [3.8, 4) is 11.5 Å². The minimum absolute atomic E-state index is 0.0820. The summed E-state index contributed by atoms with van der Waals surface area (Å²) in [6.45, 7) is 0. The van der Waals surface area contributed by atoms with Gasteiger partial charge in [0.2, 0.25) is 11.8 Å². The lowest BCUT2D eigenvalue weighted by atomic mass is 9.55. The third-order valence-electron chi connectivity index (χ3n) is 9.86. The van der Waals surface area contributed by atoms with Crippen molar-refractivity contribution in [3.63, 3.8) is 0 Å². The van der Waals surface area contributed by atoms with E-state index in [0.717, 1.165) is 22.3 Å². The number of nitrogens with zero attached hydrogens (tertiary/aromatic N) is 1. The van der Waals surface area contributed by atoms with E-state index in [1.165, 1.54) is 37.3 Å². The molecule has 9 heteroatoms. The number of amides is 4. The Hall–Kier alpha value is -6.22. The summed E-state index contributed by atoms with van der Waals surface area (Å²) in [7, 11) is 3.00. The SMILES string of the molecule is COc1ccccc1NC(=O)c1cc(C(=O)Nc2ccccc2OC)cc(N2C(=O)[C@@H]3C4c5ccccc5C(c5ccccc54)[C@H]3C2=O)c1. The quantitative estimate of drug-likeness (QED) is 0.192. The van der Waals surface area contributed by atoms with Crippen LogP contribution in [0.4, 0.5) is 17.1 Å². The van der Waals surface area contributed by atoms with Gasteiger partial charge in [-0.1, -0.05) is 72.8 Å². The highest BCUT2D eigenvalue weighted by atomic mass is 16.5. The molecule has 1 heterocycles. The number of para-hydroxylation sites is 4. The minimum atomic E-state index is -0.626. The van der Waals surface area contributed by atoms with E-state index in [9.17, 15) is 19.2 Å². The van der Waals surface area contributed by atoms with Crippen molar-refractivity contribution < 1.29 is 28.7 Å². The molecule has 0 radical (unpaired) electrons. The fourth-order valence-electron chi connectivity index (χ4n) is 7.82. The Kier molecular flexibility index (Phi) is 7.25. The molecular formula is C40H31N3O6. The number of ether oxygens (including phenoxy) is 2. The first-order valence-electron chi connectivity index (χ1n) is 16.0. The van der Waals surface area contributed by atoms with Gasteiger partial charge in [0.05, 0.1) is 43.1 Å². The summed E-state index contributed by atoms with van der Waals surface area (Å²) in [6, 6.07) is 34.3. The number of carbonyl (C=O) groups is 4. The van der Waals surface area contributed by atoms with Gasteiger partial charge >= 0.3 is 0 Å². The molecular weight excluding hydrogens is 618 g/mol. The second kappa shape index (κ2) is 11.8. The van der Waals surface area contributed by atoms with Gasteiger partial charge in [-0.05, 0) is 64.7 Å². The molecule has 242 valence electrons. The molecule has 9 nitrogen and oxygen atoms in total. The summed E-state index contributed by atoms with van der Waals surface area (Å²) >= 11 is 0. The smallest absolute Gasteiger partial charge is 0.255 e. The zero-order valence-electron chi connectivity index (χ0n) is 26.7. The Morgan fingerprint density at radius 3 is 1.31 bits per heavy atom. The molecule has 49 heavy (non-hydrogen) atoms. The summed E-state index contributed by atoms with van der Waals surface area (Å²) in [5, 5.41) is 5.69. The number of rotatable bonds is 7. The Bertz CT molecular complexity index is 2000. The van der Waals surface area contributed by atoms with Crippen molar-refractivity contribution in [2.24, 2.45) is 11.8 Å². The van der Waals surface area contributed by atoms with E-state index in [1.807, 2.05) is 48.5 Å². The van der Waals surface area contributed by atoms with Crippen LogP contribution < -0.4 is 25.0 Å². The highest BCUT2D eigenvalue weighted by Crippen LogP contribution is 2.61. The number of methoxy groups -OCH3 is 2. The molecule has 0 spiro atoms. The van der Waals surface area contributed by atoms with Crippen molar-refractivity contribution in [2.45, 2.75) is 11.8 Å². The van der Waals surface area contributed by atoms with Gasteiger partial charge in [-0.15, -0.1) is 0 Å². The number of anilines is 3. The van der Waals surface area contributed by atoms with Gasteiger partial charge in [0.1, 0.15) is 11.5 Å². The van der Waals surface area contributed by atoms with Crippen LogP contribution in [-0.4, -0.2) is 37.8 Å². The summed E-state index contributed by atoms with van der Waals surface area (Å²) in [4.78, 5) is 57.9. The van der Waals surface area contributed by atoms with Crippen molar-refractivity contribution in [1.82, 2.24) is 0 Å². The van der Waals surface area contributed by atoms with E-state index in [4.69, 9.17) is 9.47 Å². The molecule has 9 rings (SSSR count). The highest BCUT2D eigenvalue weighted by molar-refractivity contribution is 6.24. The topological polar surface area (TPSA) is 114 Å². The maximum atomic E-state index is 14.5.